The number of hydrogen-bond donors (Lipinski definition) is 1. The maximum atomic E-state index is 12.8. The minimum absolute atomic E-state index is 0.0940. The van der Waals surface area contributed by atoms with Crippen LogP contribution in [0.2, 0.25) is 0 Å². The molecule has 3 rings (SSSR count). The quantitative estimate of drug-likeness (QED) is 0.465. The SMILES string of the molecule is Cc1cc(/C(=N/OF)C2CCCN(C)C2)nnc1-c1ccc(C(F)(F)F)cc1O. The topological polar surface area (TPSA) is 70.8 Å². The number of alkyl halides is 3. The number of oxime groups is 1. The van der Waals surface area contributed by atoms with E-state index in [0.29, 0.717) is 29.6 Å². The van der Waals surface area contributed by atoms with E-state index in [2.05, 4.69) is 25.3 Å². The van der Waals surface area contributed by atoms with Crippen LogP contribution in [0, 0.1) is 12.8 Å². The van der Waals surface area contributed by atoms with Crippen LogP contribution in [0.1, 0.15) is 29.7 Å². The first kappa shape index (κ1) is 21.0. The van der Waals surface area contributed by atoms with Crippen molar-refractivity contribution in [3.63, 3.8) is 0 Å². The first-order valence-electron chi connectivity index (χ1n) is 9.00. The molecule has 0 spiro atoms. The fourth-order valence-electron chi connectivity index (χ4n) is 3.54. The lowest BCUT2D eigenvalue weighted by molar-refractivity contribution is -0.137. The Morgan fingerprint density at radius 1 is 1.28 bits per heavy atom. The number of aromatic nitrogens is 2. The normalized spacial score (nSPS) is 18.7. The summed E-state index contributed by atoms with van der Waals surface area (Å²) in [5.41, 5.74) is 0.555. The predicted octanol–water partition coefficient (Wildman–Crippen LogP) is 4.12. The van der Waals surface area contributed by atoms with E-state index >= 15 is 0 Å². The van der Waals surface area contributed by atoms with Gasteiger partial charge in [0.15, 0.2) is 0 Å². The molecular formula is C19H20F4N4O2. The Kier molecular flexibility index (Phi) is 6.02. The standard InChI is InChI=1S/C19H20F4N4O2/c1-11-8-15(18(26-29-23)12-4-3-7-27(2)10-12)24-25-17(11)14-6-5-13(9-16(14)28)19(20,21)22/h5-6,8-9,12,28H,3-4,7,10H2,1-2H3/b26-18+. The number of piperidine rings is 1. The number of rotatable bonds is 4. The molecule has 1 atom stereocenters. The van der Waals surface area contributed by atoms with Crippen molar-refractivity contribution in [2.45, 2.75) is 25.9 Å². The van der Waals surface area contributed by atoms with Crippen molar-refractivity contribution in [2.24, 2.45) is 11.1 Å². The summed E-state index contributed by atoms with van der Waals surface area (Å²) in [6.45, 7) is 3.26. The number of aromatic hydroxyl groups is 1. The van der Waals surface area contributed by atoms with Crippen LogP contribution in [0.25, 0.3) is 11.3 Å². The number of nitrogens with zero attached hydrogens (tertiary/aromatic N) is 4. The highest BCUT2D eigenvalue weighted by Gasteiger charge is 2.31. The summed E-state index contributed by atoms with van der Waals surface area (Å²) in [4.78, 5) is 2.09. The van der Waals surface area contributed by atoms with Gasteiger partial charge >= 0.3 is 6.18 Å². The fourth-order valence-corrected chi connectivity index (χ4v) is 3.54. The minimum Gasteiger partial charge on any atom is -0.507 e. The summed E-state index contributed by atoms with van der Waals surface area (Å²) < 4.78 is 50.9. The predicted molar refractivity (Wildman–Crippen MR) is 97.8 cm³/mol. The van der Waals surface area contributed by atoms with Crippen LogP contribution in [-0.2, 0) is 11.2 Å². The maximum absolute atomic E-state index is 12.8. The number of aryl methyl sites for hydroxylation is 1. The van der Waals surface area contributed by atoms with E-state index in [1.54, 1.807) is 13.0 Å². The Labute approximate surface area is 164 Å². The lowest BCUT2D eigenvalue weighted by Crippen LogP contribution is -2.36. The van der Waals surface area contributed by atoms with Crippen LogP contribution < -0.4 is 0 Å². The zero-order valence-corrected chi connectivity index (χ0v) is 15.9. The van der Waals surface area contributed by atoms with Crippen molar-refractivity contribution >= 4 is 5.71 Å². The van der Waals surface area contributed by atoms with Gasteiger partial charge in [0, 0.05) is 22.6 Å². The van der Waals surface area contributed by atoms with Gasteiger partial charge in [0.1, 0.15) is 17.2 Å². The average molecular weight is 412 g/mol. The van der Waals surface area contributed by atoms with Gasteiger partial charge in [0.05, 0.1) is 11.3 Å². The molecule has 1 aliphatic heterocycles. The van der Waals surface area contributed by atoms with Crippen molar-refractivity contribution in [2.75, 3.05) is 20.1 Å². The smallest absolute Gasteiger partial charge is 0.416 e. The number of benzene rings is 1. The molecule has 6 nitrogen and oxygen atoms in total. The summed E-state index contributed by atoms with van der Waals surface area (Å²) in [7, 11) is 1.95. The molecule has 1 unspecified atom stereocenters. The number of phenols is 1. The molecule has 0 bridgehead atoms. The molecule has 2 heterocycles. The third-order valence-corrected chi connectivity index (χ3v) is 4.97. The number of phenolic OH excluding ortho intramolecular Hbond substituents is 1. The zero-order valence-electron chi connectivity index (χ0n) is 15.9. The van der Waals surface area contributed by atoms with Gasteiger partial charge in [-0.1, -0.05) is 0 Å². The zero-order chi connectivity index (χ0) is 21.2. The summed E-state index contributed by atoms with van der Waals surface area (Å²) in [5, 5.41) is 25.2. The van der Waals surface area contributed by atoms with E-state index in [9.17, 15) is 22.8 Å². The largest absolute Gasteiger partial charge is 0.507 e. The van der Waals surface area contributed by atoms with Crippen LogP contribution in [-0.4, -0.2) is 46.1 Å². The van der Waals surface area contributed by atoms with Crippen LogP contribution in [0.15, 0.2) is 29.4 Å². The fraction of sp³-hybridized carbons (Fsp3) is 0.421. The van der Waals surface area contributed by atoms with Gasteiger partial charge in [0.2, 0.25) is 0 Å². The Morgan fingerprint density at radius 2 is 2.03 bits per heavy atom. The van der Waals surface area contributed by atoms with Crippen LogP contribution in [0.4, 0.5) is 17.7 Å². The van der Waals surface area contributed by atoms with Gasteiger partial charge in [-0.25, -0.2) is 0 Å². The highest BCUT2D eigenvalue weighted by molar-refractivity contribution is 6.00. The molecule has 1 aromatic heterocycles. The maximum Gasteiger partial charge on any atom is 0.416 e. The first-order valence-corrected chi connectivity index (χ1v) is 9.00. The monoisotopic (exact) mass is 412 g/mol. The number of halogens is 4. The van der Waals surface area contributed by atoms with E-state index in [-0.39, 0.29) is 17.2 Å². The Morgan fingerprint density at radius 3 is 2.62 bits per heavy atom. The van der Waals surface area contributed by atoms with Gasteiger partial charge in [-0.3, -0.25) is 0 Å². The molecule has 0 radical (unpaired) electrons. The molecule has 1 aliphatic rings. The molecule has 2 aromatic rings. The number of likely N-dealkylation sites (tertiary alicyclic amines) is 1. The van der Waals surface area contributed by atoms with E-state index < -0.39 is 17.5 Å². The highest BCUT2D eigenvalue weighted by atomic mass is 19.4. The molecular weight excluding hydrogens is 392 g/mol. The molecule has 1 fully saturated rings. The average Bonchev–Trinajstić information content (AvgIpc) is 2.65. The molecule has 1 saturated heterocycles. The molecule has 0 saturated carbocycles. The summed E-state index contributed by atoms with van der Waals surface area (Å²) >= 11 is 0. The molecule has 29 heavy (non-hydrogen) atoms. The molecule has 1 N–H and O–H groups in total. The summed E-state index contributed by atoms with van der Waals surface area (Å²) in [5.74, 6) is -0.650. The van der Waals surface area contributed by atoms with E-state index in [1.807, 2.05) is 7.05 Å². The Balaban J connectivity index is 1.94. The third kappa shape index (κ3) is 4.64. The van der Waals surface area contributed by atoms with Gasteiger partial charge < -0.3 is 10.0 Å². The van der Waals surface area contributed by atoms with Crippen molar-refractivity contribution in [3.8, 4) is 17.0 Å². The molecule has 1 aromatic carbocycles. The van der Waals surface area contributed by atoms with Crippen molar-refractivity contribution in [1.82, 2.24) is 15.1 Å². The lowest BCUT2D eigenvalue weighted by atomic mass is 9.91. The molecule has 156 valence electrons. The van der Waals surface area contributed by atoms with E-state index in [0.717, 1.165) is 31.5 Å². The van der Waals surface area contributed by atoms with Gasteiger partial charge in [0.25, 0.3) is 0 Å². The lowest BCUT2D eigenvalue weighted by Gasteiger charge is -2.29. The minimum atomic E-state index is -4.56. The second kappa shape index (κ2) is 8.32. The highest BCUT2D eigenvalue weighted by Crippen LogP contribution is 2.36. The first-order chi connectivity index (χ1) is 13.7. The van der Waals surface area contributed by atoms with Crippen molar-refractivity contribution in [3.05, 3.63) is 41.1 Å². The second-order valence-electron chi connectivity index (χ2n) is 7.14. The second-order valence-corrected chi connectivity index (χ2v) is 7.14. The molecule has 0 aliphatic carbocycles. The summed E-state index contributed by atoms with van der Waals surface area (Å²) in [6, 6.07) is 4.26. The van der Waals surface area contributed by atoms with Gasteiger partial charge in [-0.05, 0) is 68.3 Å². The van der Waals surface area contributed by atoms with E-state index in [1.165, 1.54) is 0 Å². The van der Waals surface area contributed by atoms with Crippen LogP contribution in [0.3, 0.4) is 0 Å². The Bertz CT molecular complexity index is 918. The van der Waals surface area contributed by atoms with Crippen LogP contribution >= 0.6 is 0 Å². The number of hydrogen-bond acceptors (Lipinski definition) is 6. The van der Waals surface area contributed by atoms with Crippen LogP contribution in [0.5, 0.6) is 5.75 Å². The Hall–Kier alpha value is -2.75. The van der Waals surface area contributed by atoms with Gasteiger partial charge in [-0.15, -0.1) is 10.2 Å². The van der Waals surface area contributed by atoms with Gasteiger partial charge in [-0.2, -0.15) is 18.2 Å². The third-order valence-electron chi connectivity index (χ3n) is 4.97. The van der Waals surface area contributed by atoms with Crippen molar-refractivity contribution in [1.29, 1.82) is 0 Å². The molecule has 10 heteroatoms. The molecule has 0 amide bonds. The summed E-state index contributed by atoms with van der Waals surface area (Å²) in [6.07, 6.45) is -2.86. The van der Waals surface area contributed by atoms with E-state index in [4.69, 9.17) is 0 Å². The van der Waals surface area contributed by atoms with Crippen molar-refractivity contribution < 1.29 is 27.8 Å².